The number of rotatable bonds is 6. The van der Waals surface area contributed by atoms with Gasteiger partial charge in [-0.25, -0.2) is 0 Å². The van der Waals surface area contributed by atoms with E-state index in [9.17, 15) is 4.79 Å². The summed E-state index contributed by atoms with van der Waals surface area (Å²) in [5, 5.41) is 0. The lowest BCUT2D eigenvalue weighted by molar-refractivity contribution is -0.134. The molecule has 0 aliphatic heterocycles. The summed E-state index contributed by atoms with van der Waals surface area (Å²) in [6.45, 7) is 1.94. The summed E-state index contributed by atoms with van der Waals surface area (Å²) in [5.74, 6) is 1.15. The first-order chi connectivity index (χ1) is 10.7. The molecule has 0 amide bonds. The predicted molar refractivity (Wildman–Crippen MR) is 87.2 cm³/mol. The quantitative estimate of drug-likeness (QED) is 0.457. The van der Waals surface area contributed by atoms with Gasteiger partial charge in [0, 0.05) is 12.6 Å². The molecule has 0 spiro atoms. The van der Waals surface area contributed by atoms with Gasteiger partial charge in [-0.1, -0.05) is 6.92 Å². The van der Waals surface area contributed by atoms with Crippen molar-refractivity contribution in [2.45, 2.75) is 19.8 Å². The Balaban J connectivity index is 1.97. The van der Waals surface area contributed by atoms with E-state index in [1.807, 2.05) is 43.3 Å². The maximum absolute atomic E-state index is 11.4. The van der Waals surface area contributed by atoms with E-state index >= 15 is 0 Å². The number of hydrogen-bond donors (Lipinski definition) is 0. The van der Waals surface area contributed by atoms with Gasteiger partial charge in [-0.05, 0) is 60.5 Å². The highest BCUT2D eigenvalue weighted by Gasteiger charge is 2.02. The van der Waals surface area contributed by atoms with Gasteiger partial charge in [0.15, 0.2) is 0 Å². The van der Waals surface area contributed by atoms with Gasteiger partial charge in [-0.2, -0.15) is 0 Å². The fourth-order valence-electron chi connectivity index (χ4n) is 1.83. The molecule has 0 saturated heterocycles. The molecule has 4 heteroatoms. The van der Waals surface area contributed by atoms with Crippen LogP contribution < -0.4 is 9.47 Å². The summed E-state index contributed by atoms with van der Waals surface area (Å²) in [4.78, 5) is 15.8. The molecule has 2 rings (SSSR count). The molecular formula is C18H19NO3. The van der Waals surface area contributed by atoms with E-state index in [-0.39, 0.29) is 5.97 Å². The van der Waals surface area contributed by atoms with Gasteiger partial charge >= 0.3 is 5.97 Å². The Kier molecular flexibility index (Phi) is 5.72. The zero-order valence-electron chi connectivity index (χ0n) is 12.8. The molecule has 0 aromatic heterocycles. The van der Waals surface area contributed by atoms with Crippen LogP contribution in [0.5, 0.6) is 11.5 Å². The molecule has 0 saturated carbocycles. The summed E-state index contributed by atoms with van der Waals surface area (Å²) in [6, 6.07) is 14.8. The third-order valence-electron chi connectivity index (χ3n) is 3.00. The van der Waals surface area contributed by atoms with E-state index < -0.39 is 0 Å². The topological polar surface area (TPSA) is 47.9 Å². The Morgan fingerprint density at radius 1 is 1.05 bits per heavy atom. The number of esters is 1. The van der Waals surface area contributed by atoms with Crippen LogP contribution in [-0.2, 0) is 4.79 Å². The second-order valence-electron chi connectivity index (χ2n) is 4.75. The largest absolute Gasteiger partial charge is 0.497 e. The van der Waals surface area contributed by atoms with Crippen molar-refractivity contribution in [2.75, 3.05) is 7.11 Å². The summed E-state index contributed by atoms with van der Waals surface area (Å²) >= 11 is 0. The number of carbonyl (C=O) groups is 1. The molecule has 22 heavy (non-hydrogen) atoms. The predicted octanol–water partition coefficient (Wildman–Crippen LogP) is 4.15. The second kappa shape index (κ2) is 7.98. The van der Waals surface area contributed by atoms with Gasteiger partial charge < -0.3 is 9.47 Å². The Labute approximate surface area is 130 Å². The van der Waals surface area contributed by atoms with E-state index in [2.05, 4.69) is 4.99 Å². The van der Waals surface area contributed by atoms with Crippen molar-refractivity contribution in [1.82, 2.24) is 0 Å². The first-order valence-corrected chi connectivity index (χ1v) is 7.20. The molecule has 0 N–H and O–H groups in total. The second-order valence-corrected chi connectivity index (χ2v) is 4.75. The fourth-order valence-corrected chi connectivity index (χ4v) is 1.83. The molecule has 0 heterocycles. The number of benzene rings is 2. The number of hydrogen-bond acceptors (Lipinski definition) is 4. The summed E-state index contributed by atoms with van der Waals surface area (Å²) < 4.78 is 10.3. The van der Waals surface area contributed by atoms with Gasteiger partial charge in [0.1, 0.15) is 11.5 Å². The number of methoxy groups -OCH3 is 1. The van der Waals surface area contributed by atoms with Crippen LogP contribution in [0.3, 0.4) is 0 Å². The third kappa shape index (κ3) is 4.74. The molecule has 114 valence electrons. The zero-order chi connectivity index (χ0) is 15.8. The zero-order valence-corrected chi connectivity index (χ0v) is 12.8. The lowest BCUT2D eigenvalue weighted by Gasteiger charge is -2.03. The lowest BCUT2D eigenvalue weighted by atomic mass is 10.2. The highest BCUT2D eigenvalue weighted by Crippen LogP contribution is 2.19. The van der Waals surface area contributed by atoms with E-state index in [1.54, 1.807) is 25.5 Å². The third-order valence-corrected chi connectivity index (χ3v) is 3.00. The molecule has 0 aliphatic carbocycles. The standard InChI is InChI=1S/C18H19NO3/c1-3-4-18(20)22-17-11-7-15(8-12-17)19-13-14-5-9-16(21-2)10-6-14/h5-13H,3-4H2,1-2H3/b19-13+. The van der Waals surface area contributed by atoms with Crippen molar-refractivity contribution in [2.24, 2.45) is 4.99 Å². The van der Waals surface area contributed by atoms with E-state index in [4.69, 9.17) is 9.47 Å². The summed E-state index contributed by atoms with van der Waals surface area (Å²) in [5.41, 5.74) is 1.78. The SMILES string of the molecule is CCCC(=O)Oc1ccc(/N=C/c2ccc(OC)cc2)cc1. The summed E-state index contributed by atoms with van der Waals surface area (Å²) in [6.07, 6.45) is 2.98. The Bertz CT molecular complexity index is 630. The van der Waals surface area contributed by atoms with E-state index in [0.717, 1.165) is 23.4 Å². The lowest BCUT2D eigenvalue weighted by Crippen LogP contribution is -2.06. The minimum absolute atomic E-state index is 0.211. The van der Waals surface area contributed by atoms with Crippen LogP contribution in [0.15, 0.2) is 53.5 Å². The van der Waals surface area contributed by atoms with Crippen molar-refractivity contribution in [3.63, 3.8) is 0 Å². The van der Waals surface area contributed by atoms with Crippen molar-refractivity contribution in [1.29, 1.82) is 0 Å². The average Bonchev–Trinajstić information content (AvgIpc) is 2.55. The molecule has 2 aromatic carbocycles. The van der Waals surface area contributed by atoms with Crippen LogP contribution >= 0.6 is 0 Å². The molecule has 0 unspecified atom stereocenters. The molecule has 0 atom stereocenters. The first kappa shape index (κ1) is 15.8. The maximum Gasteiger partial charge on any atom is 0.311 e. The van der Waals surface area contributed by atoms with Crippen LogP contribution in [0.4, 0.5) is 5.69 Å². The van der Waals surface area contributed by atoms with Crippen molar-refractivity contribution < 1.29 is 14.3 Å². The molecule has 0 bridgehead atoms. The monoisotopic (exact) mass is 297 g/mol. The highest BCUT2D eigenvalue weighted by atomic mass is 16.5. The first-order valence-electron chi connectivity index (χ1n) is 7.20. The smallest absolute Gasteiger partial charge is 0.311 e. The van der Waals surface area contributed by atoms with E-state index in [0.29, 0.717) is 12.2 Å². The molecule has 0 fully saturated rings. The van der Waals surface area contributed by atoms with Crippen LogP contribution in [0.1, 0.15) is 25.3 Å². The number of nitrogens with zero attached hydrogens (tertiary/aromatic N) is 1. The van der Waals surface area contributed by atoms with Gasteiger partial charge in [-0.3, -0.25) is 9.79 Å². The molecule has 0 radical (unpaired) electrons. The number of carbonyl (C=O) groups excluding carboxylic acids is 1. The van der Waals surface area contributed by atoms with E-state index in [1.165, 1.54) is 0 Å². The minimum Gasteiger partial charge on any atom is -0.497 e. The van der Waals surface area contributed by atoms with Crippen LogP contribution in [0.25, 0.3) is 0 Å². The minimum atomic E-state index is -0.211. The Morgan fingerprint density at radius 2 is 1.68 bits per heavy atom. The average molecular weight is 297 g/mol. The van der Waals surface area contributed by atoms with Crippen LogP contribution in [0.2, 0.25) is 0 Å². The van der Waals surface area contributed by atoms with Crippen molar-refractivity contribution >= 4 is 17.9 Å². The molecule has 4 nitrogen and oxygen atoms in total. The maximum atomic E-state index is 11.4. The van der Waals surface area contributed by atoms with Gasteiger partial charge in [-0.15, -0.1) is 0 Å². The van der Waals surface area contributed by atoms with Crippen LogP contribution in [0, 0.1) is 0 Å². The fraction of sp³-hybridized carbons (Fsp3) is 0.222. The number of aliphatic imine (C=N–C) groups is 1. The van der Waals surface area contributed by atoms with Crippen LogP contribution in [-0.4, -0.2) is 19.3 Å². The molecular weight excluding hydrogens is 278 g/mol. The Hall–Kier alpha value is -2.62. The van der Waals surface area contributed by atoms with Gasteiger partial charge in [0.25, 0.3) is 0 Å². The van der Waals surface area contributed by atoms with Gasteiger partial charge in [0.2, 0.25) is 0 Å². The van der Waals surface area contributed by atoms with Crippen molar-refractivity contribution in [3.8, 4) is 11.5 Å². The Morgan fingerprint density at radius 3 is 2.27 bits per heavy atom. The molecule has 2 aromatic rings. The van der Waals surface area contributed by atoms with Gasteiger partial charge in [0.05, 0.1) is 12.8 Å². The highest BCUT2D eigenvalue weighted by molar-refractivity contribution is 5.82. The summed E-state index contributed by atoms with van der Waals surface area (Å²) in [7, 11) is 1.64. The number of ether oxygens (including phenoxy) is 2. The normalized spacial score (nSPS) is 10.6. The van der Waals surface area contributed by atoms with Crippen molar-refractivity contribution in [3.05, 3.63) is 54.1 Å². The molecule has 0 aliphatic rings.